The van der Waals surface area contributed by atoms with Gasteiger partial charge in [0.25, 0.3) is 0 Å². The molecule has 1 aromatic heterocycles. The van der Waals surface area contributed by atoms with Crippen molar-refractivity contribution >= 4 is 21.4 Å². The van der Waals surface area contributed by atoms with Crippen LogP contribution in [0.15, 0.2) is 18.3 Å². The van der Waals surface area contributed by atoms with Crippen LogP contribution >= 0.6 is 0 Å². The third-order valence-corrected chi connectivity index (χ3v) is 3.90. The van der Waals surface area contributed by atoms with E-state index in [9.17, 15) is 26.4 Å². The van der Waals surface area contributed by atoms with E-state index in [4.69, 9.17) is 0 Å². The van der Waals surface area contributed by atoms with Crippen LogP contribution in [0.4, 0.5) is 18.9 Å². The third-order valence-electron chi connectivity index (χ3n) is 2.40. The van der Waals surface area contributed by atoms with Gasteiger partial charge in [-0.2, -0.15) is 13.2 Å². The molecule has 10 heteroatoms. The van der Waals surface area contributed by atoms with Gasteiger partial charge in [0, 0.05) is 12.3 Å². The number of hydrogen-bond acceptors (Lipinski definition) is 5. The first-order valence-electron chi connectivity index (χ1n) is 5.64. The van der Waals surface area contributed by atoms with E-state index in [1.165, 1.54) is 13.0 Å². The van der Waals surface area contributed by atoms with Gasteiger partial charge in [-0.1, -0.05) is 0 Å². The molecule has 1 N–H and O–H groups in total. The summed E-state index contributed by atoms with van der Waals surface area (Å²) in [4.78, 5) is 15.2. The van der Waals surface area contributed by atoms with Gasteiger partial charge in [-0.05, 0) is 13.0 Å². The second-order valence-electron chi connectivity index (χ2n) is 4.25. The lowest BCUT2D eigenvalue weighted by molar-refractivity contribution is -0.154. The quantitative estimate of drug-likeness (QED) is 0.884. The number of pyridine rings is 1. The maximum Gasteiger partial charge on any atom is 0.422 e. The Labute approximate surface area is 119 Å². The number of alkyl halides is 3. The summed E-state index contributed by atoms with van der Waals surface area (Å²) in [5.41, 5.74) is 0.148. The van der Waals surface area contributed by atoms with Crippen molar-refractivity contribution < 1.29 is 31.1 Å². The van der Waals surface area contributed by atoms with E-state index in [0.717, 1.165) is 18.5 Å². The highest BCUT2D eigenvalue weighted by Crippen LogP contribution is 2.18. The first kappa shape index (κ1) is 17.2. The number of hydrogen-bond donors (Lipinski definition) is 1. The Morgan fingerprint density at radius 2 is 2.05 bits per heavy atom. The Bertz CT molecular complexity index is 599. The molecule has 1 rings (SSSR count). The minimum Gasteiger partial charge on any atom is -0.468 e. The maximum absolute atomic E-state index is 11.9. The molecule has 1 amide bonds. The topological polar surface area (TPSA) is 85.4 Å². The standard InChI is InChI=1S/C11H13F3N2O4S/c1-7(21(2,18)19)10(17)16-8-3-4-9(15-5-8)20-6-11(12,13)14/h3-5,7H,6H2,1-2H3,(H,16,17). The van der Waals surface area contributed by atoms with Gasteiger partial charge in [0.05, 0.1) is 11.9 Å². The minimum atomic E-state index is -4.47. The molecule has 21 heavy (non-hydrogen) atoms. The van der Waals surface area contributed by atoms with Crippen molar-refractivity contribution in [2.45, 2.75) is 18.3 Å². The molecule has 0 fully saturated rings. The molecule has 0 bridgehead atoms. The van der Waals surface area contributed by atoms with Crippen LogP contribution in [0.2, 0.25) is 0 Å². The molecule has 1 atom stereocenters. The summed E-state index contributed by atoms with van der Waals surface area (Å²) in [5, 5.41) is 1.04. The highest BCUT2D eigenvalue weighted by Gasteiger charge is 2.28. The van der Waals surface area contributed by atoms with Crippen LogP contribution in [0, 0.1) is 0 Å². The second-order valence-corrected chi connectivity index (χ2v) is 6.62. The molecule has 0 saturated heterocycles. The number of anilines is 1. The Balaban J connectivity index is 2.65. The predicted octanol–water partition coefficient (Wildman–Crippen LogP) is 1.39. The zero-order chi connectivity index (χ0) is 16.3. The summed E-state index contributed by atoms with van der Waals surface area (Å²) in [6, 6.07) is 2.39. The molecule has 0 saturated carbocycles. The van der Waals surface area contributed by atoms with Gasteiger partial charge in [0.15, 0.2) is 16.4 Å². The molecule has 0 aromatic carbocycles. The first-order chi connectivity index (χ1) is 9.49. The Morgan fingerprint density at radius 1 is 1.43 bits per heavy atom. The van der Waals surface area contributed by atoms with E-state index >= 15 is 0 Å². The highest BCUT2D eigenvalue weighted by atomic mass is 32.2. The van der Waals surface area contributed by atoms with Crippen molar-refractivity contribution in [2.75, 3.05) is 18.2 Å². The molecular weight excluding hydrogens is 313 g/mol. The number of carbonyl (C=O) groups is 1. The van der Waals surface area contributed by atoms with Crippen LogP contribution in [0.1, 0.15) is 6.92 Å². The number of aromatic nitrogens is 1. The van der Waals surface area contributed by atoms with Gasteiger partial charge >= 0.3 is 6.18 Å². The van der Waals surface area contributed by atoms with Gasteiger partial charge in [0.2, 0.25) is 11.8 Å². The van der Waals surface area contributed by atoms with Crippen LogP contribution < -0.4 is 10.1 Å². The fourth-order valence-electron chi connectivity index (χ4n) is 1.13. The molecule has 1 unspecified atom stereocenters. The van der Waals surface area contributed by atoms with Crippen molar-refractivity contribution in [3.05, 3.63) is 18.3 Å². The van der Waals surface area contributed by atoms with Gasteiger partial charge in [-0.25, -0.2) is 13.4 Å². The maximum atomic E-state index is 11.9. The molecule has 0 spiro atoms. The molecule has 0 aliphatic rings. The molecule has 0 aliphatic carbocycles. The summed E-state index contributed by atoms with van der Waals surface area (Å²) < 4.78 is 62.6. The van der Waals surface area contributed by atoms with Crippen molar-refractivity contribution in [2.24, 2.45) is 0 Å². The number of halogens is 3. The fourth-order valence-corrected chi connectivity index (χ4v) is 1.58. The van der Waals surface area contributed by atoms with Crippen molar-refractivity contribution in [3.63, 3.8) is 0 Å². The lowest BCUT2D eigenvalue weighted by Gasteiger charge is -2.11. The normalized spacial score (nSPS) is 13.6. The highest BCUT2D eigenvalue weighted by molar-refractivity contribution is 7.92. The van der Waals surface area contributed by atoms with Crippen LogP contribution in [-0.4, -0.2) is 43.6 Å². The number of ether oxygens (including phenoxy) is 1. The number of nitrogens with one attached hydrogen (secondary N) is 1. The molecule has 0 radical (unpaired) electrons. The average molecular weight is 326 g/mol. The Hall–Kier alpha value is -1.84. The lowest BCUT2D eigenvalue weighted by atomic mass is 10.3. The molecule has 6 nitrogen and oxygen atoms in total. The van der Waals surface area contributed by atoms with Crippen LogP contribution in [0.3, 0.4) is 0 Å². The predicted molar refractivity (Wildman–Crippen MR) is 68.7 cm³/mol. The van der Waals surface area contributed by atoms with E-state index in [-0.39, 0.29) is 11.6 Å². The van der Waals surface area contributed by atoms with E-state index < -0.39 is 33.8 Å². The van der Waals surface area contributed by atoms with Crippen LogP contribution in [0.5, 0.6) is 5.88 Å². The minimum absolute atomic E-state index is 0.148. The van der Waals surface area contributed by atoms with Crippen LogP contribution in [0.25, 0.3) is 0 Å². The molecule has 0 aliphatic heterocycles. The SMILES string of the molecule is CC(C(=O)Nc1ccc(OCC(F)(F)F)nc1)S(C)(=O)=O. The first-order valence-corrected chi connectivity index (χ1v) is 7.60. The molecule has 1 heterocycles. The van der Waals surface area contributed by atoms with E-state index in [1.807, 2.05) is 0 Å². The van der Waals surface area contributed by atoms with Crippen molar-refractivity contribution in [3.8, 4) is 5.88 Å². The van der Waals surface area contributed by atoms with Gasteiger partial charge < -0.3 is 10.1 Å². The molecular formula is C11H13F3N2O4S. The number of sulfone groups is 1. The monoisotopic (exact) mass is 326 g/mol. The summed E-state index contributed by atoms with van der Waals surface area (Å²) in [7, 11) is -3.54. The lowest BCUT2D eigenvalue weighted by Crippen LogP contribution is -2.31. The van der Waals surface area contributed by atoms with E-state index in [0.29, 0.717) is 0 Å². The van der Waals surface area contributed by atoms with E-state index in [1.54, 1.807) is 0 Å². The van der Waals surface area contributed by atoms with Gasteiger partial charge in [-0.15, -0.1) is 0 Å². The molecule has 1 aromatic rings. The number of carbonyl (C=O) groups excluding carboxylic acids is 1. The second kappa shape index (κ2) is 6.29. The van der Waals surface area contributed by atoms with Crippen molar-refractivity contribution in [1.29, 1.82) is 0 Å². The number of rotatable bonds is 5. The van der Waals surface area contributed by atoms with Crippen LogP contribution in [-0.2, 0) is 14.6 Å². The summed E-state index contributed by atoms with van der Waals surface area (Å²) >= 11 is 0. The zero-order valence-corrected chi connectivity index (χ0v) is 12.0. The molecule has 118 valence electrons. The average Bonchev–Trinajstić information content (AvgIpc) is 2.35. The smallest absolute Gasteiger partial charge is 0.422 e. The Kier molecular flexibility index (Phi) is 5.15. The third kappa shape index (κ3) is 5.98. The van der Waals surface area contributed by atoms with Crippen molar-refractivity contribution in [1.82, 2.24) is 4.98 Å². The fraction of sp³-hybridized carbons (Fsp3) is 0.455. The Morgan fingerprint density at radius 3 is 2.48 bits per heavy atom. The van der Waals surface area contributed by atoms with E-state index in [2.05, 4.69) is 15.0 Å². The number of amides is 1. The van der Waals surface area contributed by atoms with Gasteiger partial charge in [0.1, 0.15) is 5.25 Å². The summed E-state index contributed by atoms with van der Waals surface area (Å²) in [6.45, 7) is -0.254. The zero-order valence-electron chi connectivity index (χ0n) is 11.1. The largest absolute Gasteiger partial charge is 0.468 e. The van der Waals surface area contributed by atoms with Gasteiger partial charge in [-0.3, -0.25) is 4.79 Å². The number of nitrogens with zero attached hydrogens (tertiary/aromatic N) is 1. The summed E-state index contributed by atoms with van der Waals surface area (Å²) in [6.07, 6.45) is -2.48. The summed E-state index contributed by atoms with van der Waals surface area (Å²) in [5.74, 6) is -1.02.